The number of morpholine rings is 1. The fourth-order valence-electron chi connectivity index (χ4n) is 3.90. The lowest BCUT2D eigenvalue weighted by molar-refractivity contribution is -0.383. The van der Waals surface area contributed by atoms with Gasteiger partial charge < -0.3 is 15.0 Å². The maximum atomic E-state index is 13.3. The van der Waals surface area contributed by atoms with Gasteiger partial charge in [-0.15, -0.1) is 0 Å². The third-order valence-corrected chi connectivity index (χ3v) is 5.46. The molecule has 1 N–H and O–H groups in total. The van der Waals surface area contributed by atoms with E-state index < -0.39 is 4.92 Å². The molecule has 1 unspecified atom stereocenters. The Bertz CT molecular complexity index is 1100. The number of nitrogens with zero attached hydrogens (tertiary/aromatic N) is 3. The molecule has 8 nitrogen and oxygen atoms in total. The molecule has 0 bridgehead atoms. The van der Waals surface area contributed by atoms with Crippen molar-refractivity contribution in [2.24, 2.45) is 0 Å². The maximum absolute atomic E-state index is 13.3. The van der Waals surface area contributed by atoms with Crippen LogP contribution in [0.1, 0.15) is 17.2 Å². The van der Waals surface area contributed by atoms with Crippen molar-refractivity contribution in [1.82, 2.24) is 9.88 Å². The molecule has 31 heavy (non-hydrogen) atoms. The largest absolute Gasteiger partial charge is 0.383 e. The van der Waals surface area contributed by atoms with Crippen LogP contribution in [0, 0.1) is 17.0 Å². The van der Waals surface area contributed by atoms with Crippen LogP contribution >= 0.6 is 0 Å². The number of para-hydroxylation sites is 1. The minimum absolute atomic E-state index is 0.0340. The molecule has 0 spiro atoms. The molecule has 3 aromatic rings. The van der Waals surface area contributed by atoms with Crippen LogP contribution in [0.4, 0.5) is 11.4 Å². The van der Waals surface area contributed by atoms with Crippen LogP contribution in [-0.4, -0.2) is 53.6 Å². The van der Waals surface area contributed by atoms with Crippen molar-refractivity contribution in [1.29, 1.82) is 0 Å². The number of hydrogen-bond donors (Lipinski definition) is 1. The van der Waals surface area contributed by atoms with Crippen LogP contribution in [0.25, 0.3) is 10.9 Å². The second-order valence-electron chi connectivity index (χ2n) is 7.52. The normalized spacial score (nSPS) is 14.9. The first-order valence-corrected chi connectivity index (χ1v) is 10.2. The van der Waals surface area contributed by atoms with E-state index in [0.717, 1.165) is 11.3 Å². The van der Waals surface area contributed by atoms with Gasteiger partial charge in [-0.2, -0.15) is 0 Å². The van der Waals surface area contributed by atoms with E-state index in [9.17, 15) is 14.9 Å². The van der Waals surface area contributed by atoms with Crippen LogP contribution in [-0.2, 0) is 9.53 Å². The molecular weight excluding hydrogens is 396 g/mol. The molecule has 0 radical (unpaired) electrons. The Morgan fingerprint density at radius 3 is 2.65 bits per heavy atom. The number of fused-ring (bicyclic) bond motifs is 1. The van der Waals surface area contributed by atoms with Crippen molar-refractivity contribution in [3.8, 4) is 0 Å². The Hall–Kier alpha value is -3.52. The number of pyridine rings is 1. The molecule has 0 aliphatic carbocycles. The van der Waals surface area contributed by atoms with Gasteiger partial charge in [0.1, 0.15) is 0 Å². The standard InChI is InChI=1S/C23H24N4O4/c1-16-14-20(18-8-5-9-21(27(29)30)22(18)25-16)24-15-19(17-6-3-2-4-7-17)23(28)26-10-12-31-13-11-26/h2-9,14,19H,10-13,15H2,1H3,(H,24,25). The number of ether oxygens (including phenoxy) is 1. The summed E-state index contributed by atoms with van der Waals surface area (Å²) in [6, 6.07) is 16.4. The summed E-state index contributed by atoms with van der Waals surface area (Å²) >= 11 is 0. The van der Waals surface area contributed by atoms with Gasteiger partial charge in [-0.3, -0.25) is 14.9 Å². The zero-order valence-electron chi connectivity index (χ0n) is 17.3. The van der Waals surface area contributed by atoms with Gasteiger partial charge in [-0.1, -0.05) is 42.5 Å². The highest BCUT2D eigenvalue weighted by Crippen LogP contribution is 2.30. The number of aromatic nitrogens is 1. The molecule has 1 atom stereocenters. The predicted octanol–water partition coefficient (Wildman–Crippen LogP) is 3.51. The molecule has 2 aromatic carbocycles. The summed E-state index contributed by atoms with van der Waals surface area (Å²) in [5, 5.41) is 15.5. The summed E-state index contributed by atoms with van der Waals surface area (Å²) < 4.78 is 5.39. The molecule has 4 rings (SSSR count). The Labute approximate surface area is 180 Å². The van der Waals surface area contributed by atoms with E-state index in [1.807, 2.05) is 41.3 Å². The summed E-state index contributed by atoms with van der Waals surface area (Å²) in [6.45, 7) is 4.39. The number of carbonyl (C=O) groups excluding carboxylic acids is 1. The smallest absolute Gasteiger partial charge is 0.295 e. The number of nitrogens with one attached hydrogen (secondary N) is 1. The minimum atomic E-state index is -0.423. The van der Waals surface area contributed by atoms with Gasteiger partial charge >= 0.3 is 0 Å². The highest BCUT2D eigenvalue weighted by atomic mass is 16.6. The first kappa shape index (κ1) is 20.7. The van der Waals surface area contributed by atoms with E-state index >= 15 is 0 Å². The predicted molar refractivity (Wildman–Crippen MR) is 118 cm³/mol. The third-order valence-electron chi connectivity index (χ3n) is 5.46. The van der Waals surface area contributed by atoms with E-state index in [4.69, 9.17) is 4.74 Å². The van der Waals surface area contributed by atoms with Crippen molar-refractivity contribution in [2.45, 2.75) is 12.8 Å². The molecule has 1 amide bonds. The number of nitro benzene ring substituents is 1. The van der Waals surface area contributed by atoms with Crippen molar-refractivity contribution >= 4 is 28.2 Å². The number of aryl methyl sites for hydroxylation is 1. The van der Waals surface area contributed by atoms with Crippen LogP contribution < -0.4 is 5.32 Å². The third kappa shape index (κ3) is 4.49. The number of anilines is 1. The molecule has 1 aromatic heterocycles. The monoisotopic (exact) mass is 420 g/mol. The number of non-ortho nitro benzene ring substituents is 1. The lowest BCUT2D eigenvalue weighted by Crippen LogP contribution is -2.44. The molecule has 1 aliphatic heterocycles. The molecule has 0 saturated carbocycles. The summed E-state index contributed by atoms with van der Waals surface area (Å²) in [7, 11) is 0. The highest BCUT2D eigenvalue weighted by molar-refractivity contribution is 5.97. The van der Waals surface area contributed by atoms with E-state index in [-0.39, 0.29) is 17.5 Å². The second-order valence-corrected chi connectivity index (χ2v) is 7.52. The Kier molecular flexibility index (Phi) is 6.08. The van der Waals surface area contributed by atoms with Gasteiger partial charge in [0.15, 0.2) is 5.52 Å². The lowest BCUT2D eigenvalue weighted by Gasteiger charge is -2.31. The quantitative estimate of drug-likeness (QED) is 0.484. The summed E-state index contributed by atoms with van der Waals surface area (Å²) in [4.78, 5) is 30.6. The Balaban J connectivity index is 1.66. The molecule has 160 valence electrons. The van der Waals surface area contributed by atoms with Crippen molar-refractivity contribution in [3.05, 3.63) is 76.0 Å². The highest BCUT2D eigenvalue weighted by Gasteiger charge is 2.27. The van der Waals surface area contributed by atoms with Gasteiger partial charge in [-0.05, 0) is 18.6 Å². The number of carbonyl (C=O) groups is 1. The zero-order chi connectivity index (χ0) is 21.8. The first-order chi connectivity index (χ1) is 15.0. The zero-order valence-corrected chi connectivity index (χ0v) is 17.3. The van der Waals surface area contributed by atoms with Gasteiger partial charge in [0.05, 0.1) is 24.1 Å². The van der Waals surface area contributed by atoms with Crippen molar-refractivity contribution in [3.63, 3.8) is 0 Å². The number of hydrogen-bond acceptors (Lipinski definition) is 6. The van der Waals surface area contributed by atoms with E-state index in [2.05, 4.69) is 10.3 Å². The lowest BCUT2D eigenvalue weighted by atomic mass is 9.97. The fourth-order valence-corrected chi connectivity index (χ4v) is 3.90. The Morgan fingerprint density at radius 2 is 1.94 bits per heavy atom. The number of benzene rings is 2. The van der Waals surface area contributed by atoms with Gasteiger partial charge in [0, 0.05) is 42.5 Å². The summed E-state index contributed by atoms with van der Waals surface area (Å²) in [5.74, 6) is -0.343. The van der Waals surface area contributed by atoms with Crippen molar-refractivity contribution < 1.29 is 14.5 Å². The fraction of sp³-hybridized carbons (Fsp3) is 0.304. The molecule has 1 aliphatic rings. The number of amides is 1. The minimum Gasteiger partial charge on any atom is -0.383 e. The molecular formula is C23H24N4O4. The Morgan fingerprint density at radius 1 is 1.19 bits per heavy atom. The molecule has 1 saturated heterocycles. The van der Waals surface area contributed by atoms with E-state index in [0.29, 0.717) is 49.4 Å². The van der Waals surface area contributed by atoms with Crippen LogP contribution in [0.5, 0.6) is 0 Å². The van der Waals surface area contributed by atoms with Crippen molar-refractivity contribution in [2.75, 3.05) is 38.2 Å². The molecule has 1 fully saturated rings. The van der Waals surface area contributed by atoms with Crippen LogP contribution in [0.2, 0.25) is 0 Å². The molecule has 2 heterocycles. The van der Waals surface area contributed by atoms with Gasteiger partial charge in [0.2, 0.25) is 5.91 Å². The van der Waals surface area contributed by atoms with Crippen LogP contribution in [0.15, 0.2) is 54.6 Å². The maximum Gasteiger partial charge on any atom is 0.295 e. The SMILES string of the molecule is Cc1cc(NCC(C(=O)N2CCOCC2)c2ccccc2)c2cccc([N+](=O)[O-])c2n1. The average Bonchev–Trinajstić information content (AvgIpc) is 2.79. The van der Waals surface area contributed by atoms with Crippen LogP contribution in [0.3, 0.4) is 0 Å². The summed E-state index contributed by atoms with van der Waals surface area (Å²) in [5.41, 5.74) is 2.62. The van der Waals surface area contributed by atoms with Gasteiger partial charge in [-0.25, -0.2) is 4.98 Å². The first-order valence-electron chi connectivity index (χ1n) is 10.2. The summed E-state index contributed by atoms with van der Waals surface area (Å²) in [6.07, 6.45) is 0. The molecule has 8 heteroatoms. The number of nitro groups is 1. The van der Waals surface area contributed by atoms with Gasteiger partial charge in [0.25, 0.3) is 5.69 Å². The number of rotatable bonds is 6. The van der Waals surface area contributed by atoms with E-state index in [1.165, 1.54) is 6.07 Å². The van der Waals surface area contributed by atoms with E-state index in [1.54, 1.807) is 19.1 Å². The topological polar surface area (TPSA) is 97.6 Å². The average molecular weight is 420 g/mol. The second kappa shape index (κ2) is 9.09.